The van der Waals surface area contributed by atoms with Crippen LogP contribution in [0.1, 0.15) is 406 Å². The topological polar surface area (TPSA) is 104 Å². The van der Waals surface area contributed by atoms with Crippen LogP contribution < -0.4 is 20.4 Å². The fourth-order valence-electron chi connectivity index (χ4n) is 19.8. The van der Waals surface area contributed by atoms with Gasteiger partial charge in [-0.2, -0.15) is 0 Å². The predicted molar refractivity (Wildman–Crippen MR) is 475 cm³/mol. The van der Waals surface area contributed by atoms with Crippen molar-refractivity contribution in [1.29, 1.82) is 0 Å². The molecule has 20 atom stereocenters. The number of rotatable bonds is 68. The van der Waals surface area contributed by atoms with E-state index in [0.717, 1.165) is 153 Å². The number of carbonyl (C=O) groups excluding carboxylic acids is 2. The first-order valence-electron chi connectivity index (χ1n) is 49.2. The van der Waals surface area contributed by atoms with Crippen LogP contribution in [0, 0.1) is 118 Å². The second-order valence-corrected chi connectivity index (χ2v) is 41.9. The molecule has 0 aromatic carbocycles. The van der Waals surface area contributed by atoms with Crippen molar-refractivity contribution in [2.24, 2.45) is 118 Å². The molecule has 10 nitrogen and oxygen atoms in total. The van der Waals surface area contributed by atoms with Gasteiger partial charge in [-0.05, 0) is 183 Å². The second-order valence-electron chi connectivity index (χ2n) is 41.9. The zero-order valence-electron chi connectivity index (χ0n) is 77.7. The third-order valence-corrected chi connectivity index (χ3v) is 28.4. The highest BCUT2D eigenvalue weighted by atomic mass is 16.5. The van der Waals surface area contributed by atoms with Crippen molar-refractivity contribution < 1.29 is 38.3 Å². The maximum absolute atomic E-state index is 13.3. The number of amides is 2. The molecule has 4 saturated carbocycles. The molecule has 0 spiro atoms. The molecule has 0 aromatic rings. The van der Waals surface area contributed by atoms with Crippen molar-refractivity contribution >= 4 is 11.8 Å². The van der Waals surface area contributed by atoms with Crippen LogP contribution in [0.25, 0.3) is 0 Å². The molecule has 4 fully saturated rings. The highest BCUT2D eigenvalue weighted by molar-refractivity contribution is 5.81. The number of hydrogen-bond acceptors (Lipinski definition) is 6. The van der Waals surface area contributed by atoms with Crippen molar-refractivity contribution in [3.8, 4) is 0 Å². The van der Waals surface area contributed by atoms with Gasteiger partial charge in [0, 0.05) is 52.4 Å². The Kier molecular flexibility index (Phi) is 59.6. The van der Waals surface area contributed by atoms with E-state index >= 15 is 0 Å². The Bertz CT molecular complexity index is 2140. The van der Waals surface area contributed by atoms with Gasteiger partial charge in [-0.1, -0.05) is 329 Å². The quantitative estimate of drug-likeness (QED) is 0.0453. The summed E-state index contributed by atoms with van der Waals surface area (Å²) in [5.41, 5.74) is 0. The molecule has 4 rings (SSSR count). The Morgan fingerprint density at radius 2 is 0.600 bits per heavy atom. The summed E-state index contributed by atoms with van der Waals surface area (Å²) in [4.78, 5) is 29.1. The van der Waals surface area contributed by atoms with Crippen molar-refractivity contribution in [2.45, 2.75) is 418 Å². The molecule has 110 heavy (non-hydrogen) atoms. The van der Waals surface area contributed by atoms with Gasteiger partial charge in [0.2, 0.25) is 0 Å². The third kappa shape index (κ3) is 53.9. The van der Waals surface area contributed by atoms with Gasteiger partial charge < -0.3 is 39.4 Å². The SMILES string of the molecule is CC(C)CCC[C@H](C)CC[C@@H](C)CCC[C@@H](C)C1CCC(CCC[C@@H](C)CCOC[C@H](OCC[C@H](C)CCCC2CCC([C@H](C)CCC[C@H](C)CC[C@@H](C)CCCC(C)C)C2)C(=O)NCCC[NH+](C)C)C1.CC1CCC(CCC[C@@H](C)CCOC[C@H](OCC[C@H](C)CCCC2CCC(C)C2)C(=O)NCCC[NH+](C)C)C1. The van der Waals surface area contributed by atoms with Crippen LogP contribution in [0.15, 0.2) is 0 Å². The molecule has 4 N–H and O–H groups in total. The van der Waals surface area contributed by atoms with Crippen LogP contribution in [-0.4, -0.2) is 118 Å². The lowest BCUT2D eigenvalue weighted by atomic mass is 9.85. The number of carbonyl (C=O) groups is 2. The average molecular weight is 1550 g/mol. The predicted octanol–water partition coefficient (Wildman–Crippen LogP) is 23.9. The van der Waals surface area contributed by atoms with Gasteiger partial charge in [0.25, 0.3) is 11.8 Å². The van der Waals surface area contributed by atoms with Gasteiger partial charge in [0.1, 0.15) is 0 Å². The van der Waals surface area contributed by atoms with Crippen LogP contribution in [0.3, 0.4) is 0 Å². The van der Waals surface area contributed by atoms with Crippen molar-refractivity contribution in [3.05, 3.63) is 0 Å². The lowest BCUT2D eigenvalue weighted by Crippen LogP contribution is -3.05. The highest BCUT2D eigenvalue weighted by Crippen LogP contribution is 2.43. The summed E-state index contributed by atoms with van der Waals surface area (Å²) < 4.78 is 24.7. The molecule has 0 aliphatic heterocycles. The van der Waals surface area contributed by atoms with E-state index < -0.39 is 12.2 Å². The first-order chi connectivity index (χ1) is 52.6. The van der Waals surface area contributed by atoms with E-state index in [4.69, 9.17) is 18.9 Å². The van der Waals surface area contributed by atoms with E-state index in [1.165, 1.54) is 267 Å². The van der Waals surface area contributed by atoms with Crippen LogP contribution in [0.4, 0.5) is 0 Å². The molecule has 0 radical (unpaired) electrons. The first-order valence-corrected chi connectivity index (χ1v) is 49.2. The molecule has 4 aliphatic carbocycles. The summed E-state index contributed by atoms with van der Waals surface area (Å²) in [5, 5.41) is 6.27. The zero-order chi connectivity index (χ0) is 80.9. The van der Waals surface area contributed by atoms with Crippen molar-refractivity contribution in [2.75, 3.05) is 94.0 Å². The van der Waals surface area contributed by atoms with Crippen LogP contribution in [0.2, 0.25) is 0 Å². The maximum atomic E-state index is 13.3. The van der Waals surface area contributed by atoms with E-state index in [0.29, 0.717) is 69.8 Å². The summed E-state index contributed by atoms with van der Waals surface area (Å²) in [6.07, 6.45) is 61.3. The maximum Gasteiger partial charge on any atom is 0.251 e. The van der Waals surface area contributed by atoms with Crippen LogP contribution >= 0.6 is 0 Å². The fraction of sp³-hybridized carbons (Fsp3) is 0.980. The largest absolute Gasteiger partial charge is 0.378 e. The summed E-state index contributed by atoms with van der Waals surface area (Å²) >= 11 is 0. The Hall–Kier alpha value is -1.30. The molecular formula is C100H198N4O6+2. The Labute approximate surface area is 687 Å². The van der Waals surface area contributed by atoms with Gasteiger partial charge in [-0.15, -0.1) is 0 Å². The number of ether oxygens (including phenoxy) is 4. The summed E-state index contributed by atoms with van der Waals surface area (Å²) in [5.74, 6) is 17.2. The molecule has 2 amide bonds. The fourth-order valence-corrected chi connectivity index (χ4v) is 19.8. The number of quaternary nitrogens is 2. The minimum Gasteiger partial charge on any atom is -0.378 e. The number of hydrogen-bond donors (Lipinski definition) is 4. The first kappa shape index (κ1) is 103. The Morgan fingerprint density at radius 3 is 0.900 bits per heavy atom. The molecule has 652 valence electrons. The van der Waals surface area contributed by atoms with Crippen molar-refractivity contribution in [1.82, 2.24) is 10.6 Å². The van der Waals surface area contributed by atoms with E-state index in [2.05, 4.69) is 150 Å². The average Bonchev–Trinajstić information content (AvgIpc) is 1.75. The van der Waals surface area contributed by atoms with Gasteiger partial charge in [-0.25, -0.2) is 0 Å². The normalized spacial score (nSPS) is 23.6. The molecule has 0 bridgehead atoms. The smallest absolute Gasteiger partial charge is 0.251 e. The standard InChI is InChI=1S/C66H130N2O3.C34H66N2O3/c1-51(2)22-15-24-53(5)34-36-55(7)26-17-30-59(11)63-40-38-61(48-63)32-19-28-57(9)42-46-70-50-65(66(69)67-44-21-45-68(13)14)71-47-43-58(10)29-20-33-62-39-41-64(49-62)60(12)31-18-27-56(8)37-35-54(6)25-16-23-52(3)4;1-27(10-7-12-31-16-14-29(3)24-31)18-22-38-26-33(34(37)35-20-9-21-36(5)6)39-23-19-28(2)11-8-13-32-17-15-30(4)25-32/h51-65H,15-50H2,1-14H3,(H,67,69);27-33H,7-26H2,1-6H3,(H,35,37)/p+2/t53-,54-,55-,56-,57+,58+,59+,60+,61?,62?,63?,64?,65-;27-,28-,29?,30?,31?,32?,33+/m01/s1. The second kappa shape index (κ2) is 63.7. The monoisotopic (exact) mass is 1550 g/mol. The summed E-state index contributed by atoms with van der Waals surface area (Å²) in [6.45, 7) is 45.8. The van der Waals surface area contributed by atoms with Crippen LogP contribution in [-0.2, 0) is 28.5 Å². The third-order valence-electron chi connectivity index (χ3n) is 28.4. The van der Waals surface area contributed by atoms with E-state index in [1.807, 2.05) is 0 Å². The van der Waals surface area contributed by atoms with Gasteiger partial charge in [0.05, 0.1) is 54.5 Å². The summed E-state index contributed by atoms with van der Waals surface area (Å²) in [6, 6.07) is 0. The Balaban J connectivity index is 0.000000675. The molecule has 0 aromatic heterocycles. The van der Waals surface area contributed by atoms with Crippen LogP contribution in [0.5, 0.6) is 0 Å². The van der Waals surface area contributed by atoms with E-state index in [9.17, 15) is 9.59 Å². The Morgan fingerprint density at radius 1 is 0.318 bits per heavy atom. The van der Waals surface area contributed by atoms with Gasteiger partial charge >= 0.3 is 0 Å². The minimum absolute atomic E-state index is 0.00295. The lowest BCUT2D eigenvalue weighted by molar-refractivity contribution is -0.858. The van der Waals surface area contributed by atoms with Crippen molar-refractivity contribution in [3.63, 3.8) is 0 Å². The highest BCUT2D eigenvalue weighted by Gasteiger charge is 2.31. The van der Waals surface area contributed by atoms with E-state index in [-0.39, 0.29) is 11.8 Å². The minimum atomic E-state index is -0.517. The summed E-state index contributed by atoms with van der Waals surface area (Å²) in [7, 11) is 8.63. The zero-order valence-corrected chi connectivity index (χ0v) is 77.7. The molecule has 4 aliphatic rings. The molecule has 0 heterocycles. The molecule has 8 unspecified atom stereocenters. The molecular weight excluding hydrogens is 1350 g/mol. The molecule has 0 saturated heterocycles. The number of nitrogens with one attached hydrogen (secondary N) is 4. The van der Waals surface area contributed by atoms with E-state index in [1.54, 1.807) is 0 Å². The lowest BCUT2D eigenvalue weighted by Gasteiger charge is -2.21. The van der Waals surface area contributed by atoms with Gasteiger partial charge in [-0.3, -0.25) is 9.59 Å². The molecule has 10 heteroatoms. The van der Waals surface area contributed by atoms with Gasteiger partial charge in [0.15, 0.2) is 12.2 Å².